The number of likely N-dealkylation sites (tertiary alicyclic amines) is 1. The maximum atomic E-state index is 14.3. The van der Waals surface area contributed by atoms with E-state index in [0.29, 0.717) is 38.6 Å². The fraction of sp³-hybridized carbons (Fsp3) is 0.744. The molecule has 1 aromatic carbocycles. The number of carboxylic acid groups (broad SMARTS) is 1. The fourth-order valence-electron chi connectivity index (χ4n) is 8.28. The van der Waals surface area contributed by atoms with Crippen LogP contribution >= 0.6 is 0 Å². The molecule has 0 spiro atoms. The molecule has 318 valence electrons. The summed E-state index contributed by atoms with van der Waals surface area (Å²) >= 11 is 0. The van der Waals surface area contributed by atoms with Crippen LogP contribution in [0.1, 0.15) is 106 Å². The largest absolute Gasteiger partial charge is 0.480 e. The molecule has 1 aliphatic rings. The van der Waals surface area contributed by atoms with E-state index >= 15 is 0 Å². The fourth-order valence-corrected chi connectivity index (χ4v) is 8.28. The maximum Gasteiger partial charge on any atom is 0.326 e. The number of nitrogens with zero attached hydrogens (tertiary/aromatic N) is 1. The van der Waals surface area contributed by atoms with Crippen molar-refractivity contribution in [3.8, 4) is 0 Å². The van der Waals surface area contributed by atoms with Gasteiger partial charge >= 0.3 is 5.97 Å². The van der Waals surface area contributed by atoms with E-state index in [9.17, 15) is 33.5 Å². The molecule has 0 radical (unpaired) electrons. The number of carbonyl (C=O) groups is 5. The first-order valence-corrected chi connectivity index (χ1v) is 20.6. The summed E-state index contributed by atoms with van der Waals surface area (Å²) in [5.41, 5.74) is 0.178. The molecule has 0 aromatic heterocycles. The van der Waals surface area contributed by atoms with Crippen molar-refractivity contribution in [1.29, 1.82) is 0 Å². The Balaban J connectivity index is 2.20. The number of rotatable bonds is 25. The van der Waals surface area contributed by atoms with Crippen molar-refractivity contribution in [3.63, 3.8) is 0 Å². The van der Waals surface area contributed by atoms with Gasteiger partial charge in [0.25, 0.3) is 0 Å². The lowest BCUT2D eigenvalue weighted by molar-refractivity contribution is -0.145. The summed E-state index contributed by atoms with van der Waals surface area (Å²) in [5, 5.41) is 18.5. The quantitative estimate of drug-likeness (QED) is 0.102. The molecule has 1 aliphatic heterocycles. The van der Waals surface area contributed by atoms with Gasteiger partial charge in [0, 0.05) is 33.1 Å². The number of hydrogen-bond donors (Lipinski definition) is 4. The van der Waals surface area contributed by atoms with Gasteiger partial charge in [-0.15, -0.1) is 0 Å². The molecule has 5 unspecified atom stereocenters. The molecule has 1 fully saturated rings. The molecule has 4 N–H and O–H groups in total. The molecule has 1 heterocycles. The van der Waals surface area contributed by atoms with E-state index in [2.05, 4.69) is 29.8 Å². The van der Waals surface area contributed by atoms with Crippen molar-refractivity contribution < 1.29 is 42.9 Å². The predicted molar refractivity (Wildman–Crippen MR) is 215 cm³/mol. The summed E-state index contributed by atoms with van der Waals surface area (Å²) < 4.78 is 26.2. The number of ketones is 1. The van der Waals surface area contributed by atoms with E-state index < -0.39 is 60.0 Å². The molecule has 0 saturated carbocycles. The van der Waals surface area contributed by atoms with Crippen LogP contribution in [0, 0.1) is 41.3 Å². The van der Waals surface area contributed by atoms with Crippen LogP contribution in [-0.4, -0.2) is 104 Å². The number of Topliss-reactive ketones (excluding diaryl/α,β-unsaturated/α-hetero) is 1. The highest BCUT2D eigenvalue weighted by Gasteiger charge is 2.42. The summed E-state index contributed by atoms with van der Waals surface area (Å²) in [5.74, 6) is -3.64. The van der Waals surface area contributed by atoms with Crippen molar-refractivity contribution in [2.45, 2.75) is 143 Å². The smallest absolute Gasteiger partial charge is 0.326 e. The standard InChI is InChI=1S/C43H71FN4O8/c1-12-27(7)31(21-20-29(13-2)39(50)37(25(3)4)47-42(52)38(45-9)26(5)6)35(55-10)24-36(49)48-22-16-19-34(48)40(56-11)28(8)41(51)46-33(43(53)54)23-30-17-14-15-18-32(30)44/h14-15,17-18,25-29,31,33-35,37-38,40,45H,12-13,16,19-24H2,1-11H3,(H,46,51)(H,47,52)(H,53,54)/t27-,28+,29?,31?,33-,34-,35?,37-,38?,40?/m0/s1. The minimum atomic E-state index is -1.35. The van der Waals surface area contributed by atoms with Crippen LogP contribution in [0.5, 0.6) is 0 Å². The molecule has 0 bridgehead atoms. The van der Waals surface area contributed by atoms with E-state index in [1.165, 1.54) is 25.3 Å². The van der Waals surface area contributed by atoms with Gasteiger partial charge in [-0.2, -0.15) is 0 Å². The van der Waals surface area contributed by atoms with Gasteiger partial charge < -0.3 is 35.4 Å². The van der Waals surface area contributed by atoms with Gasteiger partial charge in [0.1, 0.15) is 11.9 Å². The number of carboxylic acids is 1. The molecule has 56 heavy (non-hydrogen) atoms. The van der Waals surface area contributed by atoms with Gasteiger partial charge in [-0.05, 0) is 74.5 Å². The highest BCUT2D eigenvalue weighted by atomic mass is 19.1. The molecule has 1 saturated heterocycles. The number of likely N-dealkylation sites (N-methyl/N-ethyl adjacent to an activating group) is 1. The summed E-state index contributed by atoms with van der Waals surface area (Å²) in [6, 6.07) is 3.05. The van der Waals surface area contributed by atoms with E-state index in [1.54, 1.807) is 32.0 Å². The average molecular weight is 791 g/mol. The van der Waals surface area contributed by atoms with Gasteiger partial charge in [-0.25, -0.2) is 9.18 Å². The van der Waals surface area contributed by atoms with Crippen LogP contribution in [0.4, 0.5) is 4.39 Å². The second kappa shape index (κ2) is 23.7. The lowest BCUT2D eigenvalue weighted by atomic mass is 9.78. The number of aliphatic carboxylic acids is 1. The Morgan fingerprint density at radius 3 is 2.05 bits per heavy atom. The number of hydrogen-bond acceptors (Lipinski definition) is 8. The normalized spacial score (nSPS) is 19.4. The number of carbonyl (C=O) groups excluding carboxylic acids is 4. The number of halogens is 1. The van der Waals surface area contributed by atoms with E-state index in [4.69, 9.17) is 9.47 Å². The Morgan fingerprint density at radius 1 is 0.893 bits per heavy atom. The van der Waals surface area contributed by atoms with E-state index in [1.807, 2.05) is 34.6 Å². The van der Waals surface area contributed by atoms with Gasteiger partial charge in [0.15, 0.2) is 5.78 Å². The Hall–Kier alpha value is -3.42. The highest BCUT2D eigenvalue weighted by Crippen LogP contribution is 2.33. The zero-order valence-electron chi connectivity index (χ0n) is 35.7. The molecule has 12 nitrogen and oxygen atoms in total. The number of benzene rings is 1. The summed E-state index contributed by atoms with van der Waals surface area (Å²) in [7, 11) is 4.83. The minimum absolute atomic E-state index is 0.0213. The topological polar surface area (TPSA) is 163 Å². The summed E-state index contributed by atoms with van der Waals surface area (Å²) in [6.07, 6.45) is 2.79. The SMILES string of the molecule is CCC(CCC(C(CC(=O)N1CCC[C@H]1C(OC)[C@@H](C)C(=O)N[C@@H](Cc1ccccc1F)C(=O)O)OC)[C@@H](C)CC)C(=O)[C@@H](NC(=O)C(NC)C(C)C)C(C)C. The first kappa shape index (κ1) is 48.7. The number of amides is 3. The average Bonchev–Trinajstić information content (AvgIpc) is 3.64. The van der Waals surface area contributed by atoms with Crippen molar-refractivity contribution in [2.24, 2.45) is 35.5 Å². The van der Waals surface area contributed by atoms with Crippen LogP contribution in [0.3, 0.4) is 0 Å². The third-order valence-corrected chi connectivity index (χ3v) is 12.0. The molecular formula is C43H71FN4O8. The van der Waals surface area contributed by atoms with Crippen LogP contribution < -0.4 is 16.0 Å². The van der Waals surface area contributed by atoms with Crippen molar-refractivity contribution in [3.05, 3.63) is 35.6 Å². The monoisotopic (exact) mass is 791 g/mol. The molecule has 0 aliphatic carbocycles. The molecule has 2 rings (SSSR count). The maximum absolute atomic E-state index is 14.3. The van der Waals surface area contributed by atoms with Crippen molar-refractivity contribution in [2.75, 3.05) is 27.8 Å². The first-order valence-electron chi connectivity index (χ1n) is 20.6. The summed E-state index contributed by atoms with van der Waals surface area (Å²) in [6.45, 7) is 16.2. The third-order valence-electron chi connectivity index (χ3n) is 12.0. The third kappa shape index (κ3) is 13.3. The van der Waals surface area contributed by atoms with Crippen LogP contribution in [-0.2, 0) is 39.9 Å². The second-order valence-electron chi connectivity index (χ2n) is 16.3. The minimum Gasteiger partial charge on any atom is -0.480 e. The first-order chi connectivity index (χ1) is 26.5. The van der Waals surface area contributed by atoms with Gasteiger partial charge in [0.05, 0.1) is 42.7 Å². The Kier molecular flexibility index (Phi) is 20.6. The summed E-state index contributed by atoms with van der Waals surface area (Å²) in [4.78, 5) is 68.6. The van der Waals surface area contributed by atoms with Gasteiger partial charge in [-0.3, -0.25) is 19.2 Å². The molecular weight excluding hydrogens is 719 g/mol. The van der Waals surface area contributed by atoms with Gasteiger partial charge in [-0.1, -0.05) is 80.0 Å². The number of methoxy groups -OCH3 is 2. The second-order valence-corrected chi connectivity index (χ2v) is 16.3. The van der Waals surface area contributed by atoms with E-state index in [0.717, 1.165) is 6.42 Å². The Bertz CT molecular complexity index is 1430. The lowest BCUT2D eigenvalue weighted by Crippen LogP contribution is -2.54. The Labute approximate surface area is 334 Å². The molecule has 1 aromatic rings. The van der Waals surface area contributed by atoms with Crippen LogP contribution in [0.2, 0.25) is 0 Å². The van der Waals surface area contributed by atoms with Crippen molar-refractivity contribution in [1.82, 2.24) is 20.9 Å². The van der Waals surface area contributed by atoms with Crippen LogP contribution in [0.15, 0.2) is 24.3 Å². The Morgan fingerprint density at radius 2 is 1.54 bits per heavy atom. The van der Waals surface area contributed by atoms with Crippen molar-refractivity contribution >= 4 is 29.5 Å². The number of nitrogens with one attached hydrogen (secondary N) is 3. The molecule has 10 atom stereocenters. The number of ether oxygens (including phenoxy) is 2. The zero-order valence-corrected chi connectivity index (χ0v) is 35.7. The molecule has 3 amide bonds. The zero-order chi connectivity index (χ0) is 42.3. The molecule has 13 heteroatoms. The van der Waals surface area contributed by atoms with E-state index in [-0.39, 0.29) is 65.6 Å². The lowest BCUT2D eigenvalue weighted by Gasteiger charge is -2.36. The van der Waals surface area contributed by atoms with Gasteiger partial charge in [0.2, 0.25) is 17.7 Å². The predicted octanol–water partition coefficient (Wildman–Crippen LogP) is 5.41. The highest BCUT2D eigenvalue weighted by molar-refractivity contribution is 5.92. The van der Waals surface area contributed by atoms with Crippen LogP contribution in [0.25, 0.3) is 0 Å².